The number of carbonyl (C=O) groups is 2. The maximum atomic E-state index is 12.8. The summed E-state index contributed by atoms with van der Waals surface area (Å²) in [6, 6.07) is 14.1. The Morgan fingerprint density at radius 3 is 2.22 bits per heavy atom. The van der Waals surface area contributed by atoms with Crippen LogP contribution in [-0.4, -0.2) is 73.1 Å². The first-order valence-electron chi connectivity index (χ1n) is 12.2. The lowest BCUT2D eigenvalue weighted by Crippen LogP contribution is -2.38. The summed E-state index contributed by atoms with van der Waals surface area (Å²) in [5.41, 5.74) is 0.844. The molecule has 9 heteroatoms. The van der Waals surface area contributed by atoms with Gasteiger partial charge in [-0.3, -0.25) is 0 Å². The molecule has 0 aliphatic rings. The van der Waals surface area contributed by atoms with Gasteiger partial charge in [0.15, 0.2) is 6.10 Å². The second kappa shape index (κ2) is 16.7. The van der Waals surface area contributed by atoms with Crippen molar-refractivity contribution < 1.29 is 33.6 Å². The zero-order valence-corrected chi connectivity index (χ0v) is 22.1. The Balaban J connectivity index is 1.90. The number of benzene rings is 2. The van der Waals surface area contributed by atoms with E-state index in [1.807, 2.05) is 23.9 Å². The largest absolute Gasteiger partial charge is 0.497 e. The van der Waals surface area contributed by atoms with Crippen molar-refractivity contribution in [3.63, 3.8) is 0 Å². The number of rotatable bonds is 17. The van der Waals surface area contributed by atoms with Gasteiger partial charge in [0.05, 0.1) is 13.7 Å². The summed E-state index contributed by atoms with van der Waals surface area (Å²) in [5, 5.41) is 9.25. The van der Waals surface area contributed by atoms with Crippen molar-refractivity contribution in [3.8, 4) is 17.2 Å². The molecular weight excluding hydrogens is 482 g/mol. The average Bonchev–Trinajstić information content (AvgIpc) is 2.88. The molecule has 198 valence electrons. The number of amides is 1. The van der Waals surface area contributed by atoms with Crippen LogP contribution >= 0.6 is 11.8 Å². The van der Waals surface area contributed by atoms with Gasteiger partial charge in [-0.2, -0.15) is 11.8 Å². The summed E-state index contributed by atoms with van der Waals surface area (Å²) < 4.78 is 21.8. The van der Waals surface area contributed by atoms with E-state index >= 15 is 0 Å². The van der Waals surface area contributed by atoms with Gasteiger partial charge in [-0.1, -0.05) is 25.5 Å². The molecule has 0 radical (unpaired) electrons. The molecule has 1 atom stereocenters. The van der Waals surface area contributed by atoms with E-state index in [0.29, 0.717) is 43.6 Å². The Labute approximate surface area is 217 Å². The molecule has 2 aromatic rings. The molecule has 1 N–H and O–H groups in total. The number of methoxy groups -OCH3 is 1. The first kappa shape index (κ1) is 29.3. The number of aliphatic carboxylic acids is 1. The second-order valence-corrected chi connectivity index (χ2v) is 9.20. The third-order valence-corrected chi connectivity index (χ3v) is 6.34. The van der Waals surface area contributed by atoms with Gasteiger partial charge < -0.3 is 29.0 Å². The molecule has 0 saturated heterocycles. The van der Waals surface area contributed by atoms with Crippen LogP contribution in [0.1, 0.15) is 32.3 Å². The molecule has 1 unspecified atom stereocenters. The van der Waals surface area contributed by atoms with Crippen molar-refractivity contribution in [2.45, 2.75) is 39.2 Å². The van der Waals surface area contributed by atoms with Crippen molar-refractivity contribution in [3.05, 3.63) is 54.1 Å². The molecule has 0 bridgehead atoms. The Morgan fingerprint density at radius 1 is 0.944 bits per heavy atom. The Morgan fingerprint density at radius 2 is 1.61 bits per heavy atom. The zero-order chi connectivity index (χ0) is 26.2. The number of ether oxygens (including phenoxy) is 4. The number of carboxylic acid groups (broad SMARTS) is 1. The van der Waals surface area contributed by atoms with Gasteiger partial charge in [-0.05, 0) is 61.1 Å². The number of hydrogen-bond donors (Lipinski definition) is 1. The molecule has 0 spiro atoms. The van der Waals surface area contributed by atoms with Crippen LogP contribution in [-0.2, 0) is 16.0 Å². The van der Waals surface area contributed by atoms with Gasteiger partial charge in [0.2, 0.25) is 0 Å². The number of thioether (sulfide) groups is 1. The van der Waals surface area contributed by atoms with Crippen LogP contribution in [0.5, 0.6) is 17.2 Å². The quantitative estimate of drug-likeness (QED) is 0.287. The molecule has 0 heterocycles. The molecule has 0 aromatic heterocycles. The minimum absolute atomic E-state index is 0.282. The standard InChI is InChI=1S/C27H37NO7S/c1-4-6-18-36-19-16-28(27(31)35-24-13-11-22(32-3)12-14-24)15-17-34-23-9-7-21(8-10-23)20-25(26(29)30)33-5-2/h7-14,25H,4-6,15-20H2,1-3H3,(H,29,30). The molecule has 2 aromatic carbocycles. The maximum Gasteiger partial charge on any atom is 0.415 e. The minimum atomic E-state index is -0.980. The summed E-state index contributed by atoms with van der Waals surface area (Å²) in [5.74, 6) is 2.68. The van der Waals surface area contributed by atoms with Crippen LogP contribution in [0.25, 0.3) is 0 Å². The summed E-state index contributed by atoms with van der Waals surface area (Å²) >= 11 is 1.82. The number of unbranched alkanes of at least 4 members (excludes halogenated alkanes) is 1. The van der Waals surface area contributed by atoms with Crippen molar-refractivity contribution >= 4 is 23.8 Å². The predicted molar refractivity (Wildman–Crippen MR) is 142 cm³/mol. The topological polar surface area (TPSA) is 94.5 Å². The summed E-state index contributed by atoms with van der Waals surface area (Å²) in [6.07, 6.45) is 1.28. The molecule has 0 aliphatic carbocycles. The Kier molecular flexibility index (Phi) is 13.6. The van der Waals surface area contributed by atoms with Crippen LogP contribution in [0.3, 0.4) is 0 Å². The number of carboxylic acids is 1. The number of nitrogens with zero attached hydrogens (tertiary/aromatic N) is 1. The summed E-state index contributed by atoms with van der Waals surface area (Å²) in [6.45, 7) is 5.50. The van der Waals surface area contributed by atoms with Crippen LogP contribution < -0.4 is 14.2 Å². The van der Waals surface area contributed by atoms with E-state index < -0.39 is 18.2 Å². The van der Waals surface area contributed by atoms with Gasteiger partial charge in [0, 0.05) is 25.3 Å². The normalized spacial score (nSPS) is 11.5. The van der Waals surface area contributed by atoms with E-state index in [9.17, 15) is 14.7 Å². The van der Waals surface area contributed by atoms with Gasteiger partial charge >= 0.3 is 12.1 Å². The SMILES string of the molecule is CCCCSCCN(CCOc1ccc(CC(OCC)C(=O)O)cc1)C(=O)Oc1ccc(OC)cc1. The minimum Gasteiger partial charge on any atom is -0.497 e. The molecule has 2 rings (SSSR count). The smallest absolute Gasteiger partial charge is 0.415 e. The van der Waals surface area contributed by atoms with Crippen LogP contribution in [0.15, 0.2) is 48.5 Å². The molecule has 0 fully saturated rings. The highest BCUT2D eigenvalue weighted by molar-refractivity contribution is 7.99. The zero-order valence-electron chi connectivity index (χ0n) is 21.3. The van der Waals surface area contributed by atoms with E-state index in [0.717, 1.165) is 29.9 Å². The molecule has 0 aliphatic heterocycles. The van der Waals surface area contributed by atoms with Crippen molar-refractivity contribution in [1.29, 1.82) is 0 Å². The fraction of sp³-hybridized carbons (Fsp3) is 0.481. The lowest BCUT2D eigenvalue weighted by atomic mass is 10.1. The molecular formula is C27H37NO7S. The van der Waals surface area contributed by atoms with Crippen molar-refractivity contribution in [1.82, 2.24) is 4.90 Å². The van der Waals surface area contributed by atoms with E-state index in [4.69, 9.17) is 18.9 Å². The highest BCUT2D eigenvalue weighted by atomic mass is 32.2. The van der Waals surface area contributed by atoms with Crippen LogP contribution in [0, 0.1) is 0 Å². The first-order chi connectivity index (χ1) is 17.5. The van der Waals surface area contributed by atoms with Crippen molar-refractivity contribution in [2.24, 2.45) is 0 Å². The molecule has 8 nitrogen and oxygen atoms in total. The van der Waals surface area contributed by atoms with Crippen LogP contribution in [0.2, 0.25) is 0 Å². The first-order valence-corrected chi connectivity index (χ1v) is 13.4. The fourth-order valence-electron chi connectivity index (χ4n) is 3.25. The van der Waals surface area contributed by atoms with E-state index in [-0.39, 0.29) is 6.42 Å². The monoisotopic (exact) mass is 519 g/mol. The predicted octanol–water partition coefficient (Wildman–Crippen LogP) is 5.14. The average molecular weight is 520 g/mol. The van der Waals surface area contributed by atoms with Gasteiger partial charge in [-0.15, -0.1) is 0 Å². The summed E-state index contributed by atoms with van der Waals surface area (Å²) in [7, 11) is 1.58. The summed E-state index contributed by atoms with van der Waals surface area (Å²) in [4.78, 5) is 25.8. The number of hydrogen-bond acceptors (Lipinski definition) is 7. The third-order valence-electron chi connectivity index (χ3n) is 5.29. The lowest BCUT2D eigenvalue weighted by Gasteiger charge is -2.22. The molecule has 36 heavy (non-hydrogen) atoms. The molecule has 1 amide bonds. The fourth-order valence-corrected chi connectivity index (χ4v) is 4.30. The third kappa shape index (κ3) is 10.8. The van der Waals surface area contributed by atoms with Crippen LogP contribution in [0.4, 0.5) is 4.79 Å². The van der Waals surface area contributed by atoms with Gasteiger partial charge in [0.1, 0.15) is 23.9 Å². The highest BCUT2D eigenvalue weighted by Gasteiger charge is 2.18. The Hall–Kier alpha value is -2.91. The van der Waals surface area contributed by atoms with Gasteiger partial charge in [0.25, 0.3) is 0 Å². The van der Waals surface area contributed by atoms with Gasteiger partial charge in [-0.25, -0.2) is 9.59 Å². The number of carbonyl (C=O) groups excluding carboxylic acids is 1. The second-order valence-electron chi connectivity index (χ2n) is 7.98. The highest BCUT2D eigenvalue weighted by Crippen LogP contribution is 2.19. The van der Waals surface area contributed by atoms with E-state index in [1.165, 1.54) is 0 Å². The Bertz CT molecular complexity index is 905. The van der Waals surface area contributed by atoms with E-state index in [2.05, 4.69) is 6.92 Å². The maximum absolute atomic E-state index is 12.8. The lowest BCUT2D eigenvalue weighted by molar-refractivity contribution is -0.149. The van der Waals surface area contributed by atoms with E-state index in [1.54, 1.807) is 55.3 Å². The van der Waals surface area contributed by atoms with Crippen molar-refractivity contribution in [2.75, 3.05) is 44.9 Å². The molecule has 0 saturated carbocycles.